The minimum absolute atomic E-state index is 0.00296. The van der Waals surface area contributed by atoms with Crippen molar-refractivity contribution in [3.05, 3.63) is 75.2 Å². The number of carbonyl (C=O) groups is 1. The number of rotatable bonds is 7. The number of nitrogens with zero attached hydrogens (tertiary/aromatic N) is 3. The van der Waals surface area contributed by atoms with Gasteiger partial charge in [-0.3, -0.25) is 9.59 Å². The van der Waals surface area contributed by atoms with Gasteiger partial charge in [-0.25, -0.2) is 4.98 Å². The lowest BCUT2D eigenvalue weighted by Gasteiger charge is -2.36. The molecule has 1 atom stereocenters. The lowest BCUT2D eigenvalue weighted by atomic mass is 10.1. The Balaban J connectivity index is 1.40. The molecule has 0 aliphatic carbocycles. The van der Waals surface area contributed by atoms with Crippen molar-refractivity contribution in [2.75, 3.05) is 48.8 Å². The van der Waals surface area contributed by atoms with Gasteiger partial charge in [-0.15, -0.1) is 11.6 Å². The number of hydrogen-bond donors (Lipinski definition) is 4. The summed E-state index contributed by atoms with van der Waals surface area (Å²) in [5.74, 6) is 0.380. The van der Waals surface area contributed by atoms with E-state index in [2.05, 4.69) is 26.3 Å². The highest BCUT2D eigenvalue weighted by Gasteiger charge is 2.22. The predicted molar refractivity (Wildman–Crippen MR) is 151 cm³/mol. The Hall–Kier alpha value is -3.53. The van der Waals surface area contributed by atoms with Crippen LogP contribution < -0.4 is 15.8 Å². The van der Waals surface area contributed by atoms with Crippen molar-refractivity contribution >= 4 is 51.5 Å². The van der Waals surface area contributed by atoms with E-state index < -0.39 is 6.10 Å². The fourth-order valence-corrected chi connectivity index (χ4v) is 5.14. The molecule has 0 saturated carbocycles. The number of pyridine rings is 1. The quantitative estimate of drug-likeness (QED) is 0.257. The van der Waals surface area contributed by atoms with Crippen molar-refractivity contribution in [2.45, 2.75) is 13.0 Å². The normalized spacial score (nSPS) is 14.6. The number of aliphatic hydroxyl groups is 1. The SMILES string of the molecule is Cc1cc(N2CCN(C(=O)CCl)CC2)cc2[nH]c(-c3c(NC[C@@H](O)c4cccc(Cl)c4)cc[nH]c3=O)nc12. The number of anilines is 2. The molecule has 9 nitrogen and oxygen atoms in total. The summed E-state index contributed by atoms with van der Waals surface area (Å²) in [6, 6.07) is 12.9. The predicted octanol–water partition coefficient (Wildman–Crippen LogP) is 3.91. The van der Waals surface area contributed by atoms with Crippen molar-refractivity contribution in [1.82, 2.24) is 19.9 Å². The van der Waals surface area contributed by atoms with Crippen LogP contribution in [0.25, 0.3) is 22.4 Å². The highest BCUT2D eigenvalue weighted by atomic mass is 35.5. The summed E-state index contributed by atoms with van der Waals surface area (Å²) in [5.41, 5.74) is 4.85. The van der Waals surface area contributed by atoms with Crippen LogP contribution in [-0.2, 0) is 4.79 Å². The average molecular weight is 555 g/mol. The van der Waals surface area contributed by atoms with Gasteiger partial charge in [-0.1, -0.05) is 23.7 Å². The Morgan fingerprint density at radius 3 is 2.71 bits per heavy atom. The zero-order valence-corrected chi connectivity index (χ0v) is 22.3. The van der Waals surface area contributed by atoms with Crippen molar-refractivity contribution in [2.24, 2.45) is 0 Å². The summed E-state index contributed by atoms with van der Waals surface area (Å²) in [7, 11) is 0. The monoisotopic (exact) mass is 554 g/mol. The number of hydrogen-bond acceptors (Lipinski definition) is 6. The summed E-state index contributed by atoms with van der Waals surface area (Å²) >= 11 is 11.8. The molecule has 0 unspecified atom stereocenters. The lowest BCUT2D eigenvalue weighted by molar-refractivity contribution is -0.128. The van der Waals surface area contributed by atoms with Gasteiger partial charge in [0.15, 0.2) is 0 Å². The third kappa shape index (κ3) is 5.36. The van der Waals surface area contributed by atoms with Gasteiger partial charge in [0.25, 0.3) is 5.56 Å². The molecule has 198 valence electrons. The number of nitrogens with one attached hydrogen (secondary N) is 3. The number of piperazine rings is 1. The molecule has 38 heavy (non-hydrogen) atoms. The molecular formula is C27H28Cl2N6O3. The van der Waals surface area contributed by atoms with Crippen LogP contribution >= 0.6 is 23.2 Å². The highest BCUT2D eigenvalue weighted by Crippen LogP contribution is 2.30. The van der Waals surface area contributed by atoms with E-state index in [0.717, 1.165) is 22.3 Å². The minimum atomic E-state index is -0.818. The van der Waals surface area contributed by atoms with Crippen molar-refractivity contribution in [1.29, 1.82) is 0 Å². The number of benzene rings is 2. The van der Waals surface area contributed by atoms with Crippen molar-refractivity contribution < 1.29 is 9.90 Å². The smallest absolute Gasteiger partial charge is 0.261 e. The summed E-state index contributed by atoms with van der Waals surface area (Å²) in [5, 5.41) is 14.4. The Labute approximate surface area is 229 Å². The van der Waals surface area contributed by atoms with Gasteiger partial charge in [0.05, 0.1) is 22.8 Å². The number of fused-ring (bicyclic) bond motifs is 1. The van der Waals surface area contributed by atoms with E-state index in [-0.39, 0.29) is 23.9 Å². The van der Waals surface area contributed by atoms with E-state index in [4.69, 9.17) is 28.2 Å². The Kier molecular flexibility index (Phi) is 7.60. The number of amides is 1. The first-order valence-corrected chi connectivity index (χ1v) is 13.2. The van der Waals surface area contributed by atoms with E-state index in [0.29, 0.717) is 53.8 Å². The van der Waals surface area contributed by atoms with Gasteiger partial charge < -0.3 is 30.2 Å². The van der Waals surface area contributed by atoms with E-state index >= 15 is 0 Å². The molecule has 3 heterocycles. The molecule has 1 amide bonds. The number of aromatic nitrogens is 3. The number of alkyl halides is 1. The molecule has 4 N–H and O–H groups in total. The summed E-state index contributed by atoms with van der Waals surface area (Å²) in [6.07, 6.45) is 0.738. The first kappa shape index (κ1) is 26.1. The molecule has 1 fully saturated rings. The molecule has 2 aromatic carbocycles. The molecule has 0 bridgehead atoms. The maximum absolute atomic E-state index is 12.9. The molecule has 5 rings (SSSR count). The molecule has 2 aromatic heterocycles. The fraction of sp³-hybridized carbons (Fsp3) is 0.296. The molecule has 0 radical (unpaired) electrons. The number of aliphatic hydroxyl groups excluding tert-OH is 1. The maximum Gasteiger partial charge on any atom is 0.261 e. The van der Waals surface area contributed by atoms with Crippen LogP contribution in [0.5, 0.6) is 0 Å². The van der Waals surface area contributed by atoms with E-state index in [1.807, 2.05) is 13.0 Å². The Bertz CT molecular complexity index is 1530. The van der Waals surface area contributed by atoms with Crippen LogP contribution in [0, 0.1) is 6.92 Å². The molecule has 1 saturated heterocycles. The first-order chi connectivity index (χ1) is 18.3. The molecule has 0 spiro atoms. The molecular weight excluding hydrogens is 527 g/mol. The van der Waals surface area contributed by atoms with Gasteiger partial charge in [0, 0.05) is 49.6 Å². The number of carbonyl (C=O) groups excluding carboxylic acids is 1. The average Bonchev–Trinajstić information content (AvgIpc) is 3.35. The van der Waals surface area contributed by atoms with E-state index in [9.17, 15) is 14.7 Å². The van der Waals surface area contributed by atoms with Gasteiger partial charge in [-0.2, -0.15) is 0 Å². The Morgan fingerprint density at radius 2 is 1.97 bits per heavy atom. The van der Waals surface area contributed by atoms with Gasteiger partial charge in [-0.05, 0) is 48.4 Å². The Morgan fingerprint density at radius 1 is 1.18 bits per heavy atom. The number of aryl methyl sites for hydroxylation is 1. The van der Waals surface area contributed by atoms with Gasteiger partial charge in [0.1, 0.15) is 17.3 Å². The van der Waals surface area contributed by atoms with Crippen LogP contribution in [0.15, 0.2) is 53.5 Å². The molecule has 11 heteroatoms. The van der Waals surface area contributed by atoms with Crippen LogP contribution in [0.4, 0.5) is 11.4 Å². The zero-order valence-electron chi connectivity index (χ0n) is 20.8. The third-order valence-corrected chi connectivity index (χ3v) is 7.25. The van der Waals surface area contributed by atoms with Crippen LogP contribution in [0.2, 0.25) is 5.02 Å². The maximum atomic E-state index is 12.9. The van der Waals surface area contributed by atoms with E-state index in [1.54, 1.807) is 41.4 Å². The number of aromatic amines is 2. The molecule has 1 aliphatic rings. The van der Waals surface area contributed by atoms with Crippen LogP contribution in [0.1, 0.15) is 17.2 Å². The second-order valence-corrected chi connectivity index (χ2v) is 10.00. The number of H-pyrrole nitrogens is 2. The highest BCUT2D eigenvalue weighted by molar-refractivity contribution is 6.30. The van der Waals surface area contributed by atoms with Crippen molar-refractivity contribution in [3.8, 4) is 11.4 Å². The molecule has 1 aliphatic heterocycles. The topological polar surface area (TPSA) is 117 Å². The standard InChI is InChI=1S/C27H28Cl2N6O3/c1-16-11-19(34-7-9-35(10-8-34)23(37)14-28)13-21-25(16)33-26(32-21)24-20(5-6-30-27(24)38)31-15-22(36)17-3-2-4-18(29)12-17/h2-6,11-13,22,36H,7-10,14-15H2,1H3,(H,32,33)(H2,30,31,38)/t22-/m1/s1. The fourth-order valence-electron chi connectivity index (χ4n) is 4.77. The number of halogens is 2. The van der Waals surface area contributed by atoms with Crippen molar-refractivity contribution in [3.63, 3.8) is 0 Å². The third-order valence-electron chi connectivity index (χ3n) is 6.79. The van der Waals surface area contributed by atoms with Gasteiger partial charge >= 0.3 is 0 Å². The summed E-state index contributed by atoms with van der Waals surface area (Å²) in [4.78, 5) is 39.6. The largest absolute Gasteiger partial charge is 0.387 e. The summed E-state index contributed by atoms with van der Waals surface area (Å²) < 4.78 is 0. The summed E-state index contributed by atoms with van der Waals surface area (Å²) in [6.45, 7) is 4.81. The first-order valence-electron chi connectivity index (χ1n) is 12.3. The molecule has 4 aromatic rings. The van der Waals surface area contributed by atoms with Crippen LogP contribution in [-0.4, -0.2) is 69.5 Å². The minimum Gasteiger partial charge on any atom is -0.387 e. The van der Waals surface area contributed by atoms with E-state index in [1.165, 1.54) is 0 Å². The number of imidazole rings is 1. The van der Waals surface area contributed by atoms with Crippen LogP contribution in [0.3, 0.4) is 0 Å². The second kappa shape index (κ2) is 11.1. The second-order valence-electron chi connectivity index (χ2n) is 9.29. The zero-order chi connectivity index (χ0) is 26.8. The van der Waals surface area contributed by atoms with Gasteiger partial charge in [0.2, 0.25) is 5.91 Å². The lowest BCUT2D eigenvalue weighted by Crippen LogP contribution is -2.49.